The highest BCUT2D eigenvalue weighted by Crippen LogP contribution is 2.38. The van der Waals surface area contributed by atoms with Crippen molar-refractivity contribution in [2.24, 2.45) is 0 Å². The van der Waals surface area contributed by atoms with E-state index in [1.54, 1.807) is 18.2 Å². The summed E-state index contributed by atoms with van der Waals surface area (Å²) in [6.07, 6.45) is 1.55. The Morgan fingerprint density at radius 1 is 1.25 bits per heavy atom. The largest absolute Gasteiger partial charge is 0.385 e. The number of hydrogen-bond donors (Lipinski definition) is 1. The van der Waals surface area contributed by atoms with Crippen LogP contribution in [0.25, 0.3) is 6.08 Å². The molecule has 1 aromatic rings. The van der Waals surface area contributed by atoms with Crippen LogP contribution in [0.3, 0.4) is 0 Å². The number of sulfone groups is 1. The van der Waals surface area contributed by atoms with Crippen molar-refractivity contribution in [2.75, 3.05) is 0 Å². The van der Waals surface area contributed by atoms with Crippen molar-refractivity contribution in [1.82, 2.24) is 0 Å². The Morgan fingerprint density at radius 2 is 1.88 bits per heavy atom. The lowest BCUT2D eigenvalue weighted by atomic mass is 10.1. The Labute approximate surface area is 95.3 Å². The molecule has 16 heavy (non-hydrogen) atoms. The number of fused-ring (bicyclic) bond motifs is 1. The number of benzene rings is 1. The zero-order valence-electron chi connectivity index (χ0n) is 9.48. The minimum absolute atomic E-state index is 0.0700. The van der Waals surface area contributed by atoms with Crippen LogP contribution in [0.2, 0.25) is 0 Å². The molecule has 0 spiro atoms. The summed E-state index contributed by atoms with van der Waals surface area (Å²) in [6, 6.07) is 5.17. The van der Waals surface area contributed by atoms with E-state index in [2.05, 4.69) is 0 Å². The summed E-state index contributed by atoms with van der Waals surface area (Å²) in [5.41, 5.74) is 0.325. The zero-order chi connectivity index (χ0) is 12.1. The van der Waals surface area contributed by atoms with Gasteiger partial charge in [-0.3, -0.25) is 0 Å². The smallest absolute Gasteiger partial charge is 0.206 e. The normalized spacial score (nSPS) is 18.1. The molecular formula is C12H14O3S. The first kappa shape index (κ1) is 11.4. The van der Waals surface area contributed by atoms with E-state index in [4.69, 9.17) is 0 Å². The number of rotatable bonds is 1. The van der Waals surface area contributed by atoms with Gasteiger partial charge >= 0.3 is 0 Å². The highest BCUT2D eigenvalue weighted by atomic mass is 32.2. The Balaban J connectivity index is 2.71. The molecule has 0 unspecified atom stereocenters. The van der Waals surface area contributed by atoms with Crippen LogP contribution < -0.4 is 0 Å². The first-order chi connectivity index (χ1) is 7.23. The van der Waals surface area contributed by atoms with E-state index < -0.39 is 15.4 Å². The van der Waals surface area contributed by atoms with Crippen molar-refractivity contribution < 1.29 is 13.5 Å². The standard InChI is InChI=1S/C12H14O3S/c1-8-4-5-10-9(6-8)7-11(12(2,3)13)16(10,14)15/h4-7,13H,1-3H3. The second-order valence-electron chi connectivity index (χ2n) is 4.61. The first-order valence-corrected chi connectivity index (χ1v) is 6.51. The van der Waals surface area contributed by atoms with Crippen LogP contribution in [0.1, 0.15) is 25.0 Å². The van der Waals surface area contributed by atoms with E-state index in [9.17, 15) is 13.5 Å². The molecule has 1 N–H and O–H groups in total. The fourth-order valence-corrected chi connectivity index (χ4v) is 3.72. The van der Waals surface area contributed by atoms with E-state index >= 15 is 0 Å². The lowest BCUT2D eigenvalue weighted by Gasteiger charge is -2.18. The molecule has 1 aliphatic rings. The van der Waals surface area contributed by atoms with Crippen molar-refractivity contribution >= 4 is 15.9 Å². The van der Waals surface area contributed by atoms with Crippen molar-refractivity contribution in [1.29, 1.82) is 0 Å². The summed E-state index contributed by atoms with van der Waals surface area (Å²) in [6.45, 7) is 4.87. The molecule has 0 atom stereocenters. The number of aryl methyl sites for hydroxylation is 1. The molecule has 0 saturated carbocycles. The molecule has 0 radical (unpaired) electrons. The summed E-state index contributed by atoms with van der Waals surface area (Å²) in [7, 11) is -3.51. The highest BCUT2D eigenvalue weighted by molar-refractivity contribution is 7.96. The third kappa shape index (κ3) is 1.58. The topological polar surface area (TPSA) is 54.4 Å². The van der Waals surface area contributed by atoms with Gasteiger partial charge in [0.05, 0.1) is 15.4 Å². The van der Waals surface area contributed by atoms with Crippen LogP contribution >= 0.6 is 0 Å². The van der Waals surface area contributed by atoms with E-state index in [0.717, 1.165) is 5.56 Å². The maximum absolute atomic E-state index is 12.1. The molecule has 86 valence electrons. The summed E-state index contributed by atoms with van der Waals surface area (Å²) in [4.78, 5) is 0.357. The minimum atomic E-state index is -3.51. The molecule has 1 aromatic carbocycles. The highest BCUT2D eigenvalue weighted by Gasteiger charge is 2.37. The molecule has 4 heteroatoms. The van der Waals surface area contributed by atoms with Crippen LogP contribution in [0.5, 0.6) is 0 Å². The van der Waals surface area contributed by atoms with E-state index in [1.807, 2.05) is 13.0 Å². The molecule has 2 rings (SSSR count). The van der Waals surface area contributed by atoms with Crippen molar-refractivity contribution in [3.63, 3.8) is 0 Å². The van der Waals surface area contributed by atoms with Gasteiger partial charge in [0.2, 0.25) is 9.84 Å². The molecule has 0 saturated heterocycles. The first-order valence-electron chi connectivity index (χ1n) is 5.03. The Hall–Kier alpha value is -1.13. The van der Waals surface area contributed by atoms with Gasteiger partial charge in [-0.1, -0.05) is 17.7 Å². The molecule has 0 amide bonds. The average Bonchev–Trinajstić information content (AvgIpc) is 2.36. The van der Waals surface area contributed by atoms with Gasteiger partial charge in [-0.15, -0.1) is 0 Å². The second-order valence-corrected chi connectivity index (χ2v) is 6.50. The maximum atomic E-state index is 12.1. The predicted octanol–water partition coefficient (Wildman–Crippen LogP) is 1.89. The fourth-order valence-electron chi connectivity index (χ4n) is 1.87. The quantitative estimate of drug-likeness (QED) is 0.813. The van der Waals surface area contributed by atoms with Crippen LogP contribution in [-0.4, -0.2) is 19.1 Å². The van der Waals surface area contributed by atoms with E-state index in [-0.39, 0.29) is 9.80 Å². The van der Waals surface area contributed by atoms with Gasteiger partial charge in [0.15, 0.2) is 0 Å². The van der Waals surface area contributed by atoms with Crippen molar-refractivity contribution in [3.05, 3.63) is 34.2 Å². The minimum Gasteiger partial charge on any atom is -0.385 e. The fraction of sp³-hybridized carbons (Fsp3) is 0.333. The maximum Gasteiger partial charge on any atom is 0.206 e. The summed E-state index contributed by atoms with van der Waals surface area (Å²) in [5, 5.41) is 9.85. The van der Waals surface area contributed by atoms with Gasteiger partial charge in [-0.05, 0) is 38.5 Å². The lowest BCUT2D eigenvalue weighted by Crippen LogP contribution is -2.25. The Morgan fingerprint density at radius 3 is 2.44 bits per heavy atom. The molecule has 0 bridgehead atoms. The zero-order valence-corrected chi connectivity index (χ0v) is 10.3. The Kier molecular flexibility index (Phi) is 2.26. The van der Waals surface area contributed by atoms with E-state index in [0.29, 0.717) is 5.56 Å². The third-order valence-corrected chi connectivity index (χ3v) is 4.78. The van der Waals surface area contributed by atoms with Crippen molar-refractivity contribution in [2.45, 2.75) is 31.3 Å². The molecule has 0 aromatic heterocycles. The number of hydrogen-bond acceptors (Lipinski definition) is 3. The summed E-state index contributed by atoms with van der Waals surface area (Å²) in [5.74, 6) is 0. The molecule has 3 nitrogen and oxygen atoms in total. The predicted molar refractivity (Wildman–Crippen MR) is 62.6 cm³/mol. The van der Waals surface area contributed by atoms with E-state index in [1.165, 1.54) is 13.8 Å². The molecule has 1 heterocycles. The van der Waals surface area contributed by atoms with Crippen molar-refractivity contribution in [3.8, 4) is 0 Å². The SMILES string of the molecule is Cc1ccc2c(c1)C=C(C(C)(C)O)S2(=O)=O. The van der Waals surface area contributed by atoms with Crippen LogP contribution in [-0.2, 0) is 9.84 Å². The van der Waals surface area contributed by atoms with Gasteiger partial charge in [0.25, 0.3) is 0 Å². The van der Waals surface area contributed by atoms with Crippen LogP contribution in [0, 0.1) is 6.92 Å². The van der Waals surface area contributed by atoms with Crippen LogP contribution in [0.4, 0.5) is 0 Å². The molecule has 0 aliphatic carbocycles. The summed E-state index contributed by atoms with van der Waals surface area (Å²) < 4.78 is 24.2. The Bertz CT molecular complexity index is 575. The summed E-state index contributed by atoms with van der Waals surface area (Å²) >= 11 is 0. The third-order valence-electron chi connectivity index (χ3n) is 2.63. The van der Waals surface area contributed by atoms with Gasteiger partial charge < -0.3 is 5.11 Å². The lowest BCUT2D eigenvalue weighted by molar-refractivity contribution is 0.129. The molecule has 0 fully saturated rings. The molecular weight excluding hydrogens is 224 g/mol. The van der Waals surface area contributed by atoms with Gasteiger partial charge in [-0.25, -0.2) is 8.42 Å². The molecule has 1 aliphatic heterocycles. The monoisotopic (exact) mass is 238 g/mol. The van der Waals surface area contributed by atoms with Gasteiger partial charge in [0.1, 0.15) is 0 Å². The second kappa shape index (κ2) is 3.18. The average molecular weight is 238 g/mol. The number of aliphatic hydroxyl groups is 1. The van der Waals surface area contributed by atoms with Gasteiger partial charge in [-0.2, -0.15) is 0 Å². The van der Waals surface area contributed by atoms with Gasteiger partial charge in [0, 0.05) is 0 Å². The van der Waals surface area contributed by atoms with Crippen LogP contribution in [0.15, 0.2) is 28.0 Å².